The molecule has 0 unspecified atom stereocenters. The van der Waals surface area contributed by atoms with Gasteiger partial charge in [0.05, 0.1) is 13.0 Å². The minimum Gasteiger partial charge on any atom is -0.481 e. The molecule has 1 fully saturated rings. The highest BCUT2D eigenvalue weighted by atomic mass is 16.4. The number of benzene rings is 1. The van der Waals surface area contributed by atoms with Gasteiger partial charge in [-0.3, -0.25) is 4.79 Å². The van der Waals surface area contributed by atoms with Crippen molar-refractivity contribution in [3.8, 4) is 0 Å². The van der Waals surface area contributed by atoms with Crippen molar-refractivity contribution in [2.45, 2.75) is 51.1 Å². The molecule has 21 heavy (non-hydrogen) atoms. The van der Waals surface area contributed by atoms with E-state index in [4.69, 9.17) is 5.11 Å². The Morgan fingerprint density at radius 2 is 1.90 bits per heavy atom. The summed E-state index contributed by atoms with van der Waals surface area (Å²) in [4.78, 5) is 10.9. The maximum atomic E-state index is 10.9. The molecule has 1 saturated carbocycles. The van der Waals surface area contributed by atoms with Crippen molar-refractivity contribution in [3.63, 3.8) is 0 Å². The largest absolute Gasteiger partial charge is 0.481 e. The third-order valence-corrected chi connectivity index (χ3v) is 4.65. The summed E-state index contributed by atoms with van der Waals surface area (Å²) in [5.41, 5.74) is 1.64. The molecule has 1 aliphatic rings. The van der Waals surface area contributed by atoms with Crippen LogP contribution in [0.1, 0.15) is 43.7 Å². The first kappa shape index (κ1) is 16.0. The second kappa shape index (κ2) is 7.05. The van der Waals surface area contributed by atoms with Gasteiger partial charge in [-0.15, -0.1) is 0 Å². The molecule has 1 aromatic rings. The van der Waals surface area contributed by atoms with Gasteiger partial charge >= 0.3 is 5.97 Å². The number of hydrogen-bond donors (Lipinski definition) is 3. The van der Waals surface area contributed by atoms with Crippen LogP contribution in [0.2, 0.25) is 0 Å². The van der Waals surface area contributed by atoms with Crippen LogP contribution in [-0.2, 0) is 17.8 Å². The minimum absolute atomic E-state index is 0.0427. The molecule has 0 aliphatic heterocycles. The number of carboxylic acid groups (broad SMARTS) is 1. The molecule has 0 aromatic heterocycles. The molecular weight excluding hydrogens is 266 g/mol. The lowest BCUT2D eigenvalue weighted by molar-refractivity contribution is -0.136. The van der Waals surface area contributed by atoms with E-state index in [0.29, 0.717) is 6.54 Å². The fraction of sp³-hybridized carbons (Fsp3) is 0.588. The molecule has 1 aromatic carbocycles. The van der Waals surface area contributed by atoms with Crippen LogP contribution in [0, 0.1) is 5.92 Å². The average Bonchev–Trinajstić information content (AvgIpc) is 2.48. The second-order valence-electron chi connectivity index (χ2n) is 6.31. The van der Waals surface area contributed by atoms with Crippen molar-refractivity contribution in [2.24, 2.45) is 5.92 Å². The van der Waals surface area contributed by atoms with E-state index in [1.807, 2.05) is 24.3 Å². The van der Waals surface area contributed by atoms with Crippen molar-refractivity contribution in [2.75, 3.05) is 6.61 Å². The number of carboxylic acids is 1. The fourth-order valence-corrected chi connectivity index (χ4v) is 3.05. The maximum absolute atomic E-state index is 10.9. The highest BCUT2D eigenvalue weighted by Crippen LogP contribution is 2.32. The van der Waals surface area contributed by atoms with Gasteiger partial charge in [0.25, 0.3) is 0 Å². The Balaban J connectivity index is 2.03. The number of hydrogen-bond acceptors (Lipinski definition) is 3. The monoisotopic (exact) mass is 291 g/mol. The smallest absolute Gasteiger partial charge is 0.307 e. The Kier molecular flexibility index (Phi) is 5.37. The van der Waals surface area contributed by atoms with Gasteiger partial charge in [0.15, 0.2) is 0 Å². The molecule has 0 bridgehead atoms. The zero-order chi connectivity index (χ0) is 15.3. The molecule has 2 rings (SSSR count). The van der Waals surface area contributed by atoms with Crippen molar-refractivity contribution < 1.29 is 15.0 Å². The van der Waals surface area contributed by atoms with Crippen LogP contribution in [0.25, 0.3) is 0 Å². The highest BCUT2D eigenvalue weighted by molar-refractivity contribution is 5.70. The summed E-state index contributed by atoms with van der Waals surface area (Å²) in [6.07, 6.45) is 4.26. The Morgan fingerprint density at radius 1 is 1.29 bits per heavy atom. The molecule has 4 heteroatoms. The van der Waals surface area contributed by atoms with Gasteiger partial charge in [-0.1, -0.05) is 31.2 Å². The summed E-state index contributed by atoms with van der Waals surface area (Å²) in [5.74, 6) is -0.0865. The molecule has 4 nitrogen and oxygen atoms in total. The lowest BCUT2D eigenvalue weighted by atomic mass is 9.77. The van der Waals surface area contributed by atoms with Gasteiger partial charge < -0.3 is 15.5 Å². The first-order chi connectivity index (χ1) is 10.0. The second-order valence-corrected chi connectivity index (χ2v) is 6.31. The van der Waals surface area contributed by atoms with E-state index in [9.17, 15) is 9.90 Å². The van der Waals surface area contributed by atoms with Crippen LogP contribution in [0.4, 0.5) is 0 Å². The first-order valence-corrected chi connectivity index (χ1v) is 7.69. The van der Waals surface area contributed by atoms with Crippen molar-refractivity contribution in [1.82, 2.24) is 5.32 Å². The van der Waals surface area contributed by atoms with Crippen molar-refractivity contribution in [3.05, 3.63) is 35.4 Å². The zero-order valence-corrected chi connectivity index (χ0v) is 12.6. The quantitative estimate of drug-likeness (QED) is 0.752. The summed E-state index contributed by atoms with van der Waals surface area (Å²) in [6, 6.07) is 7.62. The Bertz CT molecular complexity index is 479. The highest BCUT2D eigenvalue weighted by Gasteiger charge is 2.33. The molecule has 0 amide bonds. The predicted molar refractivity (Wildman–Crippen MR) is 82.1 cm³/mol. The summed E-state index contributed by atoms with van der Waals surface area (Å²) in [5, 5.41) is 22.2. The predicted octanol–water partition coefficient (Wildman–Crippen LogP) is 2.34. The van der Waals surface area contributed by atoms with Crippen LogP contribution in [0.3, 0.4) is 0 Å². The van der Waals surface area contributed by atoms with E-state index in [1.54, 1.807) is 0 Å². The minimum atomic E-state index is -0.814. The van der Waals surface area contributed by atoms with E-state index in [1.165, 1.54) is 0 Å². The number of aliphatic carboxylic acids is 1. The van der Waals surface area contributed by atoms with Gasteiger partial charge in [-0.25, -0.2) is 0 Å². The lowest BCUT2D eigenvalue weighted by Crippen LogP contribution is -2.50. The molecule has 116 valence electrons. The van der Waals surface area contributed by atoms with E-state index < -0.39 is 5.97 Å². The van der Waals surface area contributed by atoms with Crippen LogP contribution >= 0.6 is 0 Å². The molecule has 0 saturated heterocycles. The third-order valence-electron chi connectivity index (χ3n) is 4.65. The molecular formula is C17H25NO3. The van der Waals surface area contributed by atoms with Gasteiger partial charge in [-0.05, 0) is 42.7 Å². The van der Waals surface area contributed by atoms with Crippen molar-refractivity contribution >= 4 is 5.97 Å². The Labute approximate surface area is 126 Å². The standard InChI is InChI=1S/C17H25NO3/c1-13-6-8-17(12-19,9-7-13)18-11-15-5-3-2-4-14(15)10-16(20)21/h2-5,13,18-19H,6-12H2,1H3,(H,20,21). The number of carbonyl (C=O) groups is 1. The first-order valence-electron chi connectivity index (χ1n) is 7.69. The average molecular weight is 291 g/mol. The van der Waals surface area contributed by atoms with E-state index in [0.717, 1.165) is 42.7 Å². The lowest BCUT2D eigenvalue weighted by Gasteiger charge is -2.39. The number of aliphatic hydroxyl groups is 1. The Hall–Kier alpha value is -1.39. The summed E-state index contributed by atoms with van der Waals surface area (Å²) in [7, 11) is 0. The van der Waals surface area contributed by atoms with Crippen LogP contribution in [0.15, 0.2) is 24.3 Å². The number of rotatable bonds is 6. The van der Waals surface area contributed by atoms with Gasteiger partial charge in [0.2, 0.25) is 0 Å². The maximum Gasteiger partial charge on any atom is 0.307 e. The van der Waals surface area contributed by atoms with Gasteiger partial charge in [0.1, 0.15) is 0 Å². The van der Waals surface area contributed by atoms with Crippen molar-refractivity contribution in [1.29, 1.82) is 0 Å². The normalized spacial score (nSPS) is 25.7. The third kappa shape index (κ3) is 4.29. The summed E-state index contributed by atoms with van der Waals surface area (Å²) >= 11 is 0. The molecule has 0 heterocycles. The fourth-order valence-electron chi connectivity index (χ4n) is 3.05. The SMILES string of the molecule is CC1CCC(CO)(NCc2ccccc2CC(=O)O)CC1. The number of aliphatic hydroxyl groups excluding tert-OH is 1. The van der Waals surface area contributed by atoms with Crippen LogP contribution in [-0.4, -0.2) is 28.3 Å². The Morgan fingerprint density at radius 3 is 2.48 bits per heavy atom. The van der Waals surface area contributed by atoms with E-state index >= 15 is 0 Å². The van der Waals surface area contributed by atoms with E-state index in [-0.39, 0.29) is 18.6 Å². The molecule has 0 spiro atoms. The van der Waals surface area contributed by atoms with Gasteiger partial charge in [0, 0.05) is 12.1 Å². The van der Waals surface area contributed by atoms with Crippen LogP contribution in [0.5, 0.6) is 0 Å². The van der Waals surface area contributed by atoms with E-state index in [2.05, 4.69) is 12.2 Å². The molecule has 3 N–H and O–H groups in total. The molecule has 0 atom stereocenters. The topological polar surface area (TPSA) is 69.6 Å². The van der Waals surface area contributed by atoms with Gasteiger partial charge in [-0.2, -0.15) is 0 Å². The van der Waals surface area contributed by atoms with Crippen LogP contribution < -0.4 is 5.32 Å². The molecule has 0 radical (unpaired) electrons. The summed E-state index contributed by atoms with van der Waals surface area (Å²) in [6.45, 7) is 3.00. The number of nitrogens with one attached hydrogen (secondary N) is 1. The zero-order valence-electron chi connectivity index (χ0n) is 12.6. The molecule has 1 aliphatic carbocycles. The summed E-state index contributed by atoms with van der Waals surface area (Å²) < 4.78 is 0.